The number of likely N-dealkylation sites (N-methyl/N-ethyl adjacent to an activating group) is 1. The highest BCUT2D eigenvalue weighted by Gasteiger charge is 2.31. The van der Waals surface area contributed by atoms with Crippen LogP contribution >= 0.6 is 0 Å². The van der Waals surface area contributed by atoms with Crippen molar-refractivity contribution in [1.29, 1.82) is 0 Å². The third kappa shape index (κ3) is 5.29. The highest BCUT2D eigenvalue weighted by Crippen LogP contribution is 2.22. The molecule has 3 rings (SSSR count). The summed E-state index contributed by atoms with van der Waals surface area (Å²) in [5.74, 6) is -0.983. The van der Waals surface area contributed by atoms with Gasteiger partial charge >= 0.3 is 5.97 Å². The van der Waals surface area contributed by atoms with Gasteiger partial charge in [-0.15, -0.1) is 0 Å². The van der Waals surface area contributed by atoms with Gasteiger partial charge in [-0.2, -0.15) is 0 Å². The molecule has 2 aromatic rings. The predicted octanol–water partition coefficient (Wildman–Crippen LogP) is 1.88. The lowest BCUT2D eigenvalue weighted by molar-refractivity contribution is -0.152. The van der Waals surface area contributed by atoms with Crippen molar-refractivity contribution in [2.75, 3.05) is 13.7 Å². The molecule has 1 aliphatic heterocycles. The number of carbonyl (C=O) groups is 2. The fraction of sp³-hybridized carbons (Fsp3) is 0.318. The Bertz CT molecular complexity index is 1110. The van der Waals surface area contributed by atoms with Crippen molar-refractivity contribution in [3.05, 3.63) is 65.2 Å². The van der Waals surface area contributed by atoms with Crippen LogP contribution in [0.2, 0.25) is 0 Å². The molecule has 0 saturated carbocycles. The number of aryl methyl sites for hydroxylation is 1. The number of hydrogen-bond donors (Lipinski definition) is 1. The standard InChI is InChI=1S/C22H25N3O5S/c1-4-16-9-11-17(12-10-16)13-25(3)20(26)14-30-22(27)15(2)23-21-18-7-5-6-8-19(18)31(28,29)24-21/h5-12,15H,4,13-14H2,1-3H3,(H,23,24)/t15-/m0/s1. The van der Waals surface area contributed by atoms with Gasteiger partial charge in [0.2, 0.25) is 0 Å². The molecule has 0 spiro atoms. The fourth-order valence-electron chi connectivity index (χ4n) is 3.08. The van der Waals surface area contributed by atoms with Gasteiger partial charge < -0.3 is 9.64 Å². The van der Waals surface area contributed by atoms with E-state index < -0.39 is 28.6 Å². The topological polar surface area (TPSA) is 105 Å². The van der Waals surface area contributed by atoms with Crippen LogP contribution in [0.4, 0.5) is 0 Å². The van der Waals surface area contributed by atoms with E-state index in [0.717, 1.165) is 12.0 Å². The van der Waals surface area contributed by atoms with Crippen molar-refractivity contribution in [2.24, 2.45) is 4.99 Å². The Balaban J connectivity index is 1.56. The summed E-state index contributed by atoms with van der Waals surface area (Å²) in [6, 6.07) is 13.4. The van der Waals surface area contributed by atoms with E-state index in [9.17, 15) is 18.0 Å². The minimum absolute atomic E-state index is 0.0824. The van der Waals surface area contributed by atoms with Gasteiger partial charge in [-0.25, -0.2) is 13.2 Å². The number of benzene rings is 2. The van der Waals surface area contributed by atoms with E-state index in [2.05, 4.69) is 16.6 Å². The van der Waals surface area contributed by atoms with Gasteiger partial charge in [0, 0.05) is 19.2 Å². The Morgan fingerprint density at radius 2 is 1.74 bits per heavy atom. The molecule has 1 heterocycles. The van der Waals surface area contributed by atoms with E-state index in [4.69, 9.17) is 4.74 Å². The summed E-state index contributed by atoms with van der Waals surface area (Å²) in [7, 11) is -2.05. The van der Waals surface area contributed by atoms with Gasteiger partial charge in [-0.05, 0) is 36.6 Å². The zero-order valence-corrected chi connectivity index (χ0v) is 18.5. The average molecular weight is 444 g/mol. The molecule has 0 aromatic heterocycles. The molecule has 0 aliphatic carbocycles. The van der Waals surface area contributed by atoms with Crippen LogP contribution in [0.15, 0.2) is 58.4 Å². The van der Waals surface area contributed by atoms with Crippen LogP contribution in [0, 0.1) is 0 Å². The molecule has 0 fully saturated rings. The number of nitrogens with one attached hydrogen (secondary N) is 1. The van der Waals surface area contributed by atoms with E-state index in [-0.39, 0.29) is 16.6 Å². The second kappa shape index (κ2) is 9.30. The highest BCUT2D eigenvalue weighted by atomic mass is 32.2. The summed E-state index contributed by atoms with van der Waals surface area (Å²) in [6.07, 6.45) is 0.945. The molecule has 0 bridgehead atoms. The first-order valence-corrected chi connectivity index (χ1v) is 11.4. The maximum absolute atomic E-state index is 12.3. The molecule has 1 atom stereocenters. The number of fused-ring (bicyclic) bond motifs is 1. The van der Waals surface area contributed by atoms with Crippen LogP contribution < -0.4 is 4.72 Å². The lowest BCUT2D eigenvalue weighted by atomic mass is 10.1. The molecule has 0 saturated heterocycles. The second-order valence-electron chi connectivity index (χ2n) is 7.28. The Hall–Kier alpha value is -3.20. The largest absolute Gasteiger partial charge is 0.454 e. The Kier molecular flexibility index (Phi) is 6.74. The monoisotopic (exact) mass is 443 g/mol. The predicted molar refractivity (Wildman–Crippen MR) is 116 cm³/mol. The van der Waals surface area contributed by atoms with Crippen molar-refractivity contribution < 1.29 is 22.7 Å². The first-order chi connectivity index (χ1) is 14.7. The SMILES string of the molecule is CCc1ccc(CN(C)C(=O)COC(=O)[C@H](C)N=C2NS(=O)(=O)c3ccccc32)cc1. The summed E-state index contributed by atoms with van der Waals surface area (Å²) < 4.78 is 31.7. The van der Waals surface area contributed by atoms with Gasteiger partial charge in [0.15, 0.2) is 6.61 Å². The molecule has 1 N–H and O–H groups in total. The molecule has 0 unspecified atom stereocenters. The first-order valence-electron chi connectivity index (χ1n) is 9.89. The zero-order chi connectivity index (χ0) is 22.6. The minimum atomic E-state index is -3.69. The number of ether oxygens (including phenoxy) is 1. The van der Waals surface area contributed by atoms with Crippen LogP contribution in [0.3, 0.4) is 0 Å². The molecule has 8 nitrogen and oxygen atoms in total. The van der Waals surface area contributed by atoms with Gasteiger partial charge in [0.1, 0.15) is 11.9 Å². The van der Waals surface area contributed by atoms with Crippen LogP contribution in [0.5, 0.6) is 0 Å². The van der Waals surface area contributed by atoms with Gasteiger partial charge in [0.25, 0.3) is 15.9 Å². The van der Waals surface area contributed by atoms with E-state index in [0.29, 0.717) is 12.1 Å². The number of amidine groups is 1. The zero-order valence-electron chi connectivity index (χ0n) is 17.7. The van der Waals surface area contributed by atoms with Gasteiger partial charge in [-0.3, -0.25) is 14.5 Å². The van der Waals surface area contributed by atoms with Crippen molar-refractivity contribution in [3.63, 3.8) is 0 Å². The van der Waals surface area contributed by atoms with Crippen molar-refractivity contribution in [1.82, 2.24) is 9.62 Å². The van der Waals surface area contributed by atoms with Gasteiger partial charge in [-0.1, -0.05) is 43.3 Å². The van der Waals surface area contributed by atoms with Crippen molar-refractivity contribution >= 4 is 27.7 Å². The minimum Gasteiger partial charge on any atom is -0.454 e. The third-order valence-corrected chi connectivity index (χ3v) is 6.34. The van der Waals surface area contributed by atoms with E-state index in [1.54, 1.807) is 25.2 Å². The van der Waals surface area contributed by atoms with Gasteiger partial charge in [0.05, 0.1) is 4.90 Å². The lowest BCUT2D eigenvalue weighted by Gasteiger charge is -2.18. The van der Waals surface area contributed by atoms with E-state index in [1.165, 1.54) is 23.5 Å². The summed E-state index contributed by atoms with van der Waals surface area (Å²) in [4.78, 5) is 30.3. The molecule has 1 amide bonds. The second-order valence-corrected chi connectivity index (χ2v) is 8.93. The van der Waals surface area contributed by atoms with E-state index in [1.807, 2.05) is 24.3 Å². The molecule has 1 aliphatic rings. The molecule has 9 heteroatoms. The van der Waals surface area contributed by atoms with Crippen molar-refractivity contribution in [3.8, 4) is 0 Å². The lowest BCUT2D eigenvalue weighted by Crippen LogP contribution is -2.33. The number of aliphatic imine (C=N–C) groups is 1. The number of carbonyl (C=O) groups excluding carboxylic acids is 2. The highest BCUT2D eigenvalue weighted by molar-refractivity contribution is 7.90. The summed E-state index contributed by atoms with van der Waals surface area (Å²) >= 11 is 0. The van der Waals surface area contributed by atoms with Crippen LogP contribution in [0.25, 0.3) is 0 Å². The molecule has 164 valence electrons. The normalized spacial score (nSPS) is 16.3. The number of nitrogens with zero attached hydrogens (tertiary/aromatic N) is 2. The van der Waals surface area contributed by atoms with Crippen LogP contribution in [-0.2, 0) is 37.3 Å². The summed E-state index contributed by atoms with van der Waals surface area (Å²) in [5, 5.41) is 0. The average Bonchev–Trinajstić information content (AvgIpc) is 3.02. The summed E-state index contributed by atoms with van der Waals surface area (Å²) in [5.41, 5.74) is 2.59. The maximum atomic E-state index is 12.3. The molecule has 2 aromatic carbocycles. The molecule has 31 heavy (non-hydrogen) atoms. The van der Waals surface area contributed by atoms with Crippen LogP contribution in [-0.4, -0.2) is 50.7 Å². The first kappa shape index (κ1) is 22.5. The molecular weight excluding hydrogens is 418 g/mol. The fourth-order valence-corrected chi connectivity index (χ4v) is 4.32. The Morgan fingerprint density at radius 1 is 1.10 bits per heavy atom. The third-order valence-electron chi connectivity index (χ3n) is 4.94. The number of esters is 1. The van der Waals surface area contributed by atoms with E-state index >= 15 is 0 Å². The number of rotatable bonds is 7. The Labute approximate surface area is 182 Å². The van der Waals surface area contributed by atoms with Crippen LogP contribution in [0.1, 0.15) is 30.5 Å². The molecular formula is C22H25N3O5S. The number of amides is 1. The number of sulfonamides is 1. The maximum Gasteiger partial charge on any atom is 0.331 e. The number of hydrogen-bond acceptors (Lipinski definition) is 6. The summed E-state index contributed by atoms with van der Waals surface area (Å²) in [6.45, 7) is 3.54. The molecule has 0 radical (unpaired) electrons. The Morgan fingerprint density at radius 3 is 2.42 bits per heavy atom. The van der Waals surface area contributed by atoms with Crippen molar-refractivity contribution in [2.45, 2.75) is 37.8 Å². The smallest absolute Gasteiger partial charge is 0.331 e. The quantitative estimate of drug-likeness (QED) is 0.658.